The van der Waals surface area contributed by atoms with E-state index in [1.54, 1.807) is 17.4 Å². The van der Waals surface area contributed by atoms with Crippen LogP contribution in [0, 0.1) is 0 Å². The molecule has 5 rings (SSSR count). The van der Waals surface area contributed by atoms with Gasteiger partial charge in [-0.2, -0.15) is 5.43 Å². The number of H-pyrrole nitrogens is 1. The number of aromatic nitrogens is 4. The van der Waals surface area contributed by atoms with Crippen LogP contribution in [-0.2, 0) is 5.66 Å². The predicted molar refractivity (Wildman–Crippen MR) is 88.9 cm³/mol. The van der Waals surface area contributed by atoms with E-state index in [1.165, 1.54) is 0 Å². The third-order valence-corrected chi connectivity index (χ3v) is 4.06. The summed E-state index contributed by atoms with van der Waals surface area (Å²) in [7, 11) is 0. The third-order valence-electron chi connectivity index (χ3n) is 4.06. The molecule has 0 saturated carbocycles. The Bertz CT molecular complexity index is 1000. The number of guanidine groups is 1. The minimum absolute atomic E-state index is 0.586. The molecule has 24 heavy (non-hydrogen) atoms. The Hall–Kier alpha value is -3.39. The summed E-state index contributed by atoms with van der Waals surface area (Å²) >= 11 is 0. The fraction of sp³-hybridized carbons (Fsp3) is 0.0625. The summed E-state index contributed by atoms with van der Waals surface area (Å²) < 4.78 is 0. The number of benzene rings is 1. The first-order valence-electron chi connectivity index (χ1n) is 7.46. The average molecular weight is 316 g/mol. The fourth-order valence-corrected chi connectivity index (χ4v) is 2.92. The Morgan fingerprint density at radius 1 is 1.12 bits per heavy atom. The predicted octanol–water partition coefficient (Wildman–Crippen LogP) is 1.33. The number of rotatable bonds is 2. The number of aromatic amines is 1. The molecule has 0 aliphatic carbocycles. The second-order valence-electron chi connectivity index (χ2n) is 5.48. The molecule has 0 spiro atoms. The van der Waals surface area contributed by atoms with Gasteiger partial charge in [0.1, 0.15) is 5.52 Å². The van der Waals surface area contributed by atoms with Crippen LogP contribution in [0.1, 0.15) is 11.3 Å². The van der Waals surface area contributed by atoms with Crippen molar-refractivity contribution in [3.63, 3.8) is 0 Å². The van der Waals surface area contributed by atoms with Gasteiger partial charge in [0.2, 0.25) is 5.96 Å². The van der Waals surface area contributed by atoms with Crippen molar-refractivity contribution in [2.24, 2.45) is 9.98 Å². The van der Waals surface area contributed by atoms with Gasteiger partial charge >= 0.3 is 0 Å². The minimum atomic E-state index is -0.865. The molecule has 1 aromatic carbocycles. The molecule has 2 N–H and O–H groups in total. The quantitative estimate of drug-likeness (QED) is 0.744. The van der Waals surface area contributed by atoms with Gasteiger partial charge in [0.25, 0.3) is 0 Å². The number of hydrogen-bond donors (Lipinski definition) is 2. The van der Waals surface area contributed by atoms with Crippen LogP contribution in [-0.4, -0.2) is 37.6 Å². The molecule has 4 heterocycles. The number of fused-ring (bicyclic) bond motifs is 2. The highest BCUT2D eigenvalue weighted by molar-refractivity contribution is 5.95. The summed E-state index contributed by atoms with van der Waals surface area (Å²) in [6.07, 6.45) is 7.20. The second kappa shape index (κ2) is 4.80. The first-order chi connectivity index (χ1) is 11.9. The van der Waals surface area contributed by atoms with Crippen molar-refractivity contribution in [1.82, 2.24) is 30.8 Å². The lowest BCUT2D eigenvalue weighted by atomic mass is 9.96. The lowest BCUT2D eigenvalue weighted by Gasteiger charge is -2.28. The molecule has 2 aliphatic rings. The van der Waals surface area contributed by atoms with E-state index in [4.69, 9.17) is 4.99 Å². The first kappa shape index (κ1) is 13.1. The second-order valence-corrected chi connectivity index (χ2v) is 5.48. The summed E-state index contributed by atoms with van der Waals surface area (Å²) in [5.74, 6) is 0.586. The SMILES string of the molecule is C1=CN2NC(c3ccc4[nH]nnc4c3)(c3ccccn3)N=C2N=C1. The smallest absolute Gasteiger partial charge is 0.242 e. The lowest BCUT2D eigenvalue weighted by molar-refractivity contribution is 0.304. The van der Waals surface area contributed by atoms with E-state index >= 15 is 0 Å². The van der Waals surface area contributed by atoms with Gasteiger partial charge in [-0.1, -0.05) is 17.3 Å². The fourth-order valence-electron chi connectivity index (χ4n) is 2.92. The third kappa shape index (κ3) is 1.80. The molecule has 2 aliphatic heterocycles. The van der Waals surface area contributed by atoms with Gasteiger partial charge in [0, 0.05) is 24.2 Å². The van der Waals surface area contributed by atoms with Gasteiger partial charge in [0.05, 0.1) is 11.2 Å². The molecule has 0 saturated heterocycles. The molecule has 8 nitrogen and oxygen atoms in total. The molecule has 1 unspecified atom stereocenters. The number of allylic oxidation sites excluding steroid dienone is 1. The van der Waals surface area contributed by atoms with Gasteiger partial charge in [-0.3, -0.25) is 10.1 Å². The van der Waals surface area contributed by atoms with Crippen molar-refractivity contribution in [3.05, 3.63) is 66.1 Å². The van der Waals surface area contributed by atoms with Crippen molar-refractivity contribution < 1.29 is 0 Å². The van der Waals surface area contributed by atoms with Gasteiger partial charge in [0.15, 0.2) is 5.66 Å². The van der Waals surface area contributed by atoms with Gasteiger partial charge in [-0.25, -0.2) is 15.0 Å². The monoisotopic (exact) mass is 316 g/mol. The average Bonchev–Trinajstić information content (AvgIpc) is 3.26. The number of hydrazine groups is 1. The zero-order valence-electron chi connectivity index (χ0n) is 12.5. The Balaban J connectivity index is 1.75. The topological polar surface area (TPSA) is 94.5 Å². The van der Waals surface area contributed by atoms with E-state index in [1.807, 2.05) is 48.7 Å². The largest absolute Gasteiger partial charge is 0.258 e. The standard InChI is InChI=1S/C16H12N8/c1-2-7-17-14(4-1)16(19-15-18-8-3-9-24(15)22-16)11-5-6-12-13(10-11)21-23-20-12/h1-10,22H,(H,20,21,23). The van der Waals surface area contributed by atoms with E-state index < -0.39 is 5.66 Å². The van der Waals surface area contributed by atoms with E-state index in [2.05, 4.69) is 30.8 Å². The summed E-state index contributed by atoms with van der Waals surface area (Å²) in [4.78, 5) is 13.7. The molecule has 2 aromatic heterocycles. The van der Waals surface area contributed by atoms with Crippen molar-refractivity contribution in [2.45, 2.75) is 5.66 Å². The molecule has 0 bridgehead atoms. The van der Waals surface area contributed by atoms with E-state index in [9.17, 15) is 0 Å². The molecule has 8 heteroatoms. The van der Waals surface area contributed by atoms with E-state index in [0.717, 1.165) is 22.3 Å². The Morgan fingerprint density at radius 3 is 3.00 bits per heavy atom. The van der Waals surface area contributed by atoms with Crippen LogP contribution in [0.2, 0.25) is 0 Å². The molecular weight excluding hydrogens is 304 g/mol. The number of nitrogens with zero attached hydrogens (tertiary/aromatic N) is 6. The summed E-state index contributed by atoms with van der Waals surface area (Å²) in [5, 5.41) is 12.6. The maximum absolute atomic E-state index is 4.83. The maximum atomic E-state index is 4.83. The highest BCUT2D eigenvalue weighted by Gasteiger charge is 2.43. The Labute approximate surface area is 136 Å². The van der Waals surface area contributed by atoms with Gasteiger partial charge in [-0.15, -0.1) is 5.10 Å². The normalized spacial score (nSPS) is 22.0. The number of pyridine rings is 1. The van der Waals surface area contributed by atoms with E-state index in [-0.39, 0.29) is 0 Å². The minimum Gasteiger partial charge on any atom is -0.258 e. The van der Waals surface area contributed by atoms with Crippen molar-refractivity contribution in [1.29, 1.82) is 0 Å². The molecule has 0 radical (unpaired) electrons. The highest BCUT2D eigenvalue weighted by atomic mass is 15.6. The molecule has 0 fully saturated rings. The summed E-state index contributed by atoms with van der Waals surface area (Å²) in [6, 6.07) is 11.6. The molecule has 116 valence electrons. The van der Waals surface area contributed by atoms with Gasteiger partial charge < -0.3 is 0 Å². The Kier molecular flexibility index (Phi) is 2.62. The number of aliphatic imine (C=N–C) groups is 2. The van der Waals surface area contributed by atoms with Crippen LogP contribution in [0.5, 0.6) is 0 Å². The molecule has 3 aromatic rings. The summed E-state index contributed by atoms with van der Waals surface area (Å²) in [5.41, 5.74) is 5.87. The maximum Gasteiger partial charge on any atom is 0.242 e. The van der Waals surface area contributed by atoms with Crippen LogP contribution >= 0.6 is 0 Å². The molecule has 1 atom stereocenters. The van der Waals surface area contributed by atoms with Gasteiger partial charge in [-0.05, 0) is 30.3 Å². The highest BCUT2D eigenvalue weighted by Crippen LogP contribution is 2.35. The number of nitrogens with one attached hydrogen (secondary N) is 2. The van der Waals surface area contributed by atoms with Crippen LogP contribution in [0.15, 0.2) is 64.9 Å². The van der Waals surface area contributed by atoms with Crippen LogP contribution < -0.4 is 5.43 Å². The zero-order chi connectivity index (χ0) is 16.0. The van der Waals surface area contributed by atoms with Crippen molar-refractivity contribution >= 4 is 23.2 Å². The number of hydrogen-bond acceptors (Lipinski definition) is 7. The lowest BCUT2D eigenvalue weighted by Crippen LogP contribution is -2.45. The zero-order valence-corrected chi connectivity index (χ0v) is 12.5. The van der Waals surface area contributed by atoms with E-state index in [0.29, 0.717) is 5.96 Å². The van der Waals surface area contributed by atoms with Crippen molar-refractivity contribution in [2.75, 3.05) is 0 Å². The Morgan fingerprint density at radius 2 is 2.12 bits per heavy atom. The van der Waals surface area contributed by atoms with Crippen LogP contribution in [0.4, 0.5) is 0 Å². The van der Waals surface area contributed by atoms with Crippen LogP contribution in [0.25, 0.3) is 11.0 Å². The summed E-state index contributed by atoms with van der Waals surface area (Å²) in [6.45, 7) is 0. The van der Waals surface area contributed by atoms with Crippen LogP contribution in [0.3, 0.4) is 0 Å². The molecular formula is C16H12N8. The molecule has 0 amide bonds. The first-order valence-corrected chi connectivity index (χ1v) is 7.46. The van der Waals surface area contributed by atoms with Crippen molar-refractivity contribution in [3.8, 4) is 0 Å².